The highest BCUT2D eigenvalue weighted by atomic mass is 35.5. The topological polar surface area (TPSA) is 77.2 Å². The van der Waals surface area contributed by atoms with Gasteiger partial charge in [-0.1, -0.05) is 30.3 Å². The van der Waals surface area contributed by atoms with Gasteiger partial charge in [0, 0.05) is 17.5 Å². The average molecular weight is 354 g/mol. The lowest BCUT2D eigenvalue weighted by atomic mass is 10.2. The van der Waals surface area contributed by atoms with Crippen molar-refractivity contribution in [3.05, 3.63) is 41.4 Å². The highest BCUT2D eigenvalue weighted by Gasteiger charge is 2.29. The number of nitrogens with two attached hydrogens (primary N) is 1. The molecule has 1 aliphatic heterocycles. The fraction of sp³-hybridized carbons (Fsp3) is 0.375. The molecule has 5 nitrogen and oxygen atoms in total. The van der Waals surface area contributed by atoms with Crippen LogP contribution in [0.25, 0.3) is 10.6 Å². The summed E-state index contributed by atoms with van der Waals surface area (Å²) in [5.74, 6) is -0.0785. The Morgan fingerprint density at radius 3 is 2.83 bits per heavy atom. The van der Waals surface area contributed by atoms with Crippen LogP contribution in [0.15, 0.2) is 35.7 Å². The van der Waals surface area contributed by atoms with Crippen LogP contribution < -0.4 is 11.1 Å². The minimum absolute atomic E-state index is 0. The van der Waals surface area contributed by atoms with E-state index in [1.807, 2.05) is 35.7 Å². The molecule has 1 fully saturated rings. The van der Waals surface area contributed by atoms with Gasteiger partial charge in [-0.25, -0.2) is 4.98 Å². The van der Waals surface area contributed by atoms with Gasteiger partial charge in [-0.15, -0.1) is 23.7 Å². The van der Waals surface area contributed by atoms with E-state index in [0.29, 0.717) is 13.1 Å². The molecule has 3 rings (SSSR count). The first-order chi connectivity index (χ1) is 10.8. The fourth-order valence-electron chi connectivity index (χ4n) is 2.46. The van der Waals surface area contributed by atoms with E-state index in [1.54, 1.807) is 11.3 Å². The molecule has 0 saturated carbocycles. The van der Waals surface area contributed by atoms with Gasteiger partial charge in [0.1, 0.15) is 11.1 Å². The van der Waals surface area contributed by atoms with Crippen molar-refractivity contribution in [2.45, 2.75) is 31.6 Å². The number of thiazole rings is 1. The van der Waals surface area contributed by atoms with Crippen molar-refractivity contribution in [1.29, 1.82) is 0 Å². The summed E-state index contributed by atoms with van der Waals surface area (Å²) in [6, 6.07) is 10.0. The van der Waals surface area contributed by atoms with Crippen LogP contribution in [0.2, 0.25) is 0 Å². The van der Waals surface area contributed by atoms with E-state index in [9.17, 15) is 4.79 Å². The van der Waals surface area contributed by atoms with E-state index in [1.165, 1.54) is 0 Å². The van der Waals surface area contributed by atoms with Gasteiger partial charge in [0.05, 0.1) is 18.3 Å². The monoisotopic (exact) mass is 353 g/mol. The molecule has 1 amide bonds. The maximum absolute atomic E-state index is 12.1. The van der Waals surface area contributed by atoms with Crippen molar-refractivity contribution in [1.82, 2.24) is 10.3 Å². The number of carbonyl (C=O) groups is 1. The Balaban J connectivity index is 0.00000192. The summed E-state index contributed by atoms with van der Waals surface area (Å²) in [5.41, 5.74) is 7.51. The Morgan fingerprint density at radius 1 is 1.35 bits per heavy atom. The second-order valence-corrected chi connectivity index (χ2v) is 6.15. The summed E-state index contributed by atoms with van der Waals surface area (Å²) in [6.07, 6.45) is 1.23. The number of benzene rings is 1. The minimum Gasteiger partial charge on any atom is -0.364 e. The van der Waals surface area contributed by atoms with E-state index in [-0.39, 0.29) is 30.5 Å². The molecule has 1 aromatic carbocycles. The van der Waals surface area contributed by atoms with E-state index >= 15 is 0 Å². The molecule has 2 atom stereocenters. The fourth-order valence-corrected chi connectivity index (χ4v) is 3.29. The Bertz CT molecular complexity index is 635. The molecule has 23 heavy (non-hydrogen) atoms. The minimum atomic E-state index is -0.374. The predicted octanol–water partition coefficient (Wildman–Crippen LogP) is 2.35. The lowest BCUT2D eigenvalue weighted by molar-refractivity contribution is -0.132. The number of aromatic nitrogens is 1. The van der Waals surface area contributed by atoms with Gasteiger partial charge >= 0.3 is 0 Å². The molecule has 1 saturated heterocycles. The summed E-state index contributed by atoms with van der Waals surface area (Å²) in [5, 5.41) is 5.83. The van der Waals surface area contributed by atoms with Gasteiger partial charge in [-0.2, -0.15) is 0 Å². The van der Waals surface area contributed by atoms with Crippen LogP contribution >= 0.6 is 23.7 Å². The number of ether oxygens (including phenoxy) is 1. The molecule has 124 valence electrons. The third kappa shape index (κ3) is 4.51. The molecule has 2 aromatic rings. The first kappa shape index (κ1) is 17.9. The molecule has 2 heterocycles. The maximum Gasteiger partial charge on any atom is 0.249 e. The van der Waals surface area contributed by atoms with E-state index in [2.05, 4.69) is 10.3 Å². The number of amides is 1. The molecule has 0 unspecified atom stereocenters. The quantitative estimate of drug-likeness (QED) is 0.865. The van der Waals surface area contributed by atoms with E-state index < -0.39 is 0 Å². The summed E-state index contributed by atoms with van der Waals surface area (Å²) in [4.78, 5) is 16.6. The van der Waals surface area contributed by atoms with Gasteiger partial charge in [0.2, 0.25) is 5.91 Å². The van der Waals surface area contributed by atoms with Crippen molar-refractivity contribution < 1.29 is 9.53 Å². The Morgan fingerprint density at radius 2 is 2.13 bits per heavy atom. The zero-order valence-corrected chi connectivity index (χ0v) is 14.2. The summed E-state index contributed by atoms with van der Waals surface area (Å²) in [7, 11) is 0. The van der Waals surface area contributed by atoms with Crippen molar-refractivity contribution in [2.24, 2.45) is 5.73 Å². The van der Waals surface area contributed by atoms with Gasteiger partial charge in [-0.05, 0) is 12.8 Å². The number of rotatable bonds is 5. The summed E-state index contributed by atoms with van der Waals surface area (Å²) in [6.45, 7) is 0.894. The molecular formula is C16H20ClN3O2S. The Hall–Kier alpha value is -1.47. The maximum atomic E-state index is 12.1. The lowest BCUT2D eigenvalue weighted by Gasteiger charge is -2.11. The van der Waals surface area contributed by atoms with Crippen molar-refractivity contribution in [3.63, 3.8) is 0 Å². The number of nitrogens with one attached hydrogen (secondary N) is 1. The largest absolute Gasteiger partial charge is 0.364 e. The molecule has 1 aliphatic rings. The summed E-state index contributed by atoms with van der Waals surface area (Å²) < 4.78 is 5.58. The van der Waals surface area contributed by atoms with Crippen LogP contribution in [0, 0.1) is 0 Å². The third-order valence-electron chi connectivity index (χ3n) is 3.68. The second-order valence-electron chi connectivity index (χ2n) is 5.29. The molecule has 7 heteroatoms. The van der Waals surface area contributed by atoms with E-state index in [0.717, 1.165) is 29.1 Å². The number of carbonyl (C=O) groups excluding carboxylic acids is 1. The van der Waals surface area contributed by atoms with Crippen molar-refractivity contribution >= 4 is 29.7 Å². The SMILES string of the molecule is Cl.NC[C@H]1CC[C@@H](C(=O)NCc2csc(-c3ccccc3)n2)O1. The van der Waals surface area contributed by atoms with E-state index in [4.69, 9.17) is 10.5 Å². The number of halogens is 1. The molecule has 3 N–H and O–H groups in total. The summed E-state index contributed by atoms with van der Waals surface area (Å²) >= 11 is 1.58. The highest BCUT2D eigenvalue weighted by molar-refractivity contribution is 7.13. The van der Waals surface area contributed by atoms with Gasteiger partial charge < -0.3 is 15.8 Å². The van der Waals surface area contributed by atoms with Crippen LogP contribution in [0.4, 0.5) is 0 Å². The van der Waals surface area contributed by atoms with Gasteiger partial charge in [-0.3, -0.25) is 4.79 Å². The standard InChI is InChI=1S/C16H19N3O2S.ClH/c17-8-13-6-7-14(21-13)15(20)18-9-12-10-22-16(19-12)11-4-2-1-3-5-11;/h1-5,10,13-14H,6-9,17H2,(H,18,20);1H/t13-,14+;/m1./s1. The average Bonchev–Trinajstić information content (AvgIpc) is 3.22. The van der Waals surface area contributed by atoms with Gasteiger partial charge in [0.25, 0.3) is 0 Å². The third-order valence-corrected chi connectivity index (χ3v) is 4.62. The molecule has 0 aliphatic carbocycles. The Labute approximate surface area is 145 Å². The number of nitrogens with zero attached hydrogens (tertiary/aromatic N) is 1. The normalized spacial score (nSPS) is 20.0. The first-order valence-electron chi connectivity index (χ1n) is 7.39. The van der Waals surface area contributed by atoms with Crippen molar-refractivity contribution in [2.75, 3.05) is 6.54 Å². The molecular weight excluding hydrogens is 334 g/mol. The highest BCUT2D eigenvalue weighted by Crippen LogP contribution is 2.23. The van der Waals surface area contributed by atoms with Gasteiger partial charge in [0.15, 0.2) is 0 Å². The zero-order valence-electron chi connectivity index (χ0n) is 12.6. The van der Waals surface area contributed by atoms with Crippen LogP contribution in [0.5, 0.6) is 0 Å². The van der Waals surface area contributed by atoms with Crippen LogP contribution in [0.3, 0.4) is 0 Å². The van der Waals surface area contributed by atoms with Crippen LogP contribution in [0.1, 0.15) is 18.5 Å². The molecule has 1 aromatic heterocycles. The zero-order chi connectivity index (χ0) is 15.4. The smallest absolute Gasteiger partial charge is 0.249 e. The molecule has 0 bridgehead atoms. The van der Waals surface area contributed by atoms with Crippen molar-refractivity contribution in [3.8, 4) is 10.6 Å². The molecule has 0 spiro atoms. The van der Waals surface area contributed by atoms with Crippen LogP contribution in [-0.4, -0.2) is 29.6 Å². The second kappa shape index (κ2) is 8.40. The lowest BCUT2D eigenvalue weighted by Crippen LogP contribution is -2.35. The Kier molecular flexibility index (Phi) is 6.53. The first-order valence-corrected chi connectivity index (χ1v) is 8.27. The molecule has 0 radical (unpaired) electrons. The predicted molar refractivity (Wildman–Crippen MR) is 93.6 cm³/mol. The van der Waals surface area contributed by atoms with Crippen LogP contribution in [-0.2, 0) is 16.1 Å². The number of hydrogen-bond acceptors (Lipinski definition) is 5. The number of hydrogen-bond donors (Lipinski definition) is 2.